The summed E-state index contributed by atoms with van der Waals surface area (Å²) in [5.74, 6) is 0. The molecule has 0 radical (unpaired) electrons. The first-order valence-corrected chi connectivity index (χ1v) is 3.79. The van der Waals surface area contributed by atoms with Gasteiger partial charge in [-0.2, -0.15) is 0 Å². The maximum absolute atomic E-state index is 10.2. The Balaban J connectivity index is 2.42. The second-order valence-corrected chi connectivity index (χ2v) is 2.74. The van der Waals surface area contributed by atoms with E-state index in [1.54, 1.807) is 24.5 Å². The lowest BCUT2D eigenvalue weighted by molar-refractivity contribution is -0.496. The Hall–Kier alpha value is -1.91. The van der Waals surface area contributed by atoms with Gasteiger partial charge in [-0.1, -0.05) is 6.07 Å². The van der Waals surface area contributed by atoms with Gasteiger partial charge in [-0.25, -0.2) is 4.98 Å². The summed E-state index contributed by atoms with van der Waals surface area (Å²) in [6.07, 6.45) is 1.57. The number of nitrogens with one attached hydrogen (secondary N) is 1. The van der Waals surface area contributed by atoms with Crippen LogP contribution in [0.25, 0.3) is 11.0 Å². The number of nitrogens with zero attached hydrogens (tertiary/aromatic N) is 2. The van der Waals surface area contributed by atoms with Crippen LogP contribution in [0.15, 0.2) is 24.5 Å². The van der Waals surface area contributed by atoms with E-state index in [1.807, 2.05) is 0 Å². The highest BCUT2D eigenvalue weighted by Crippen LogP contribution is 2.11. The minimum Gasteiger partial charge on any atom is -0.345 e. The topological polar surface area (TPSA) is 71.8 Å². The van der Waals surface area contributed by atoms with Crippen LogP contribution < -0.4 is 0 Å². The number of hydrogen-bond acceptors (Lipinski definition) is 3. The molecule has 0 bridgehead atoms. The average Bonchev–Trinajstić information content (AvgIpc) is 2.49. The first kappa shape index (κ1) is 7.72. The molecule has 5 nitrogen and oxygen atoms in total. The maximum atomic E-state index is 10.2. The number of imidazole rings is 1. The zero-order chi connectivity index (χ0) is 9.26. The molecule has 0 amide bonds. The van der Waals surface area contributed by atoms with Gasteiger partial charge in [0.25, 0.3) is 0 Å². The van der Waals surface area contributed by atoms with Crippen molar-refractivity contribution in [1.82, 2.24) is 9.97 Å². The molecule has 0 saturated heterocycles. The third-order valence-corrected chi connectivity index (χ3v) is 1.80. The Morgan fingerprint density at radius 1 is 1.54 bits per heavy atom. The van der Waals surface area contributed by atoms with E-state index in [-0.39, 0.29) is 11.5 Å². The van der Waals surface area contributed by atoms with Gasteiger partial charge in [0, 0.05) is 10.5 Å². The highest BCUT2D eigenvalue weighted by atomic mass is 16.6. The summed E-state index contributed by atoms with van der Waals surface area (Å²) in [5.41, 5.74) is 2.34. The van der Waals surface area contributed by atoms with Gasteiger partial charge in [0.15, 0.2) is 0 Å². The third kappa shape index (κ3) is 1.48. The van der Waals surface area contributed by atoms with Crippen molar-refractivity contribution in [3.8, 4) is 0 Å². The molecule has 1 aromatic carbocycles. The van der Waals surface area contributed by atoms with E-state index in [2.05, 4.69) is 9.97 Å². The molecule has 0 aliphatic heterocycles. The monoisotopic (exact) mass is 177 g/mol. The summed E-state index contributed by atoms with van der Waals surface area (Å²) in [6.45, 7) is -0.144. The molecule has 0 aliphatic carbocycles. The van der Waals surface area contributed by atoms with E-state index in [9.17, 15) is 10.1 Å². The lowest BCUT2D eigenvalue weighted by atomic mass is 10.2. The van der Waals surface area contributed by atoms with Gasteiger partial charge in [-0.05, 0) is 12.1 Å². The van der Waals surface area contributed by atoms with Crippen molar-refractivity contribution in [2.24, 2.45) is 0 Å². The molecule has 0 atom stereocenters. The number of benzene rings is 1. The smallest absolute Gasteiger partial charge is 0.229 e. The number of fused-ring (bicyclic) bond motifs is 1. The van der Waals surface area contributed by atoms with Crippen molar-refractivity contribution in [1.29, 1.82) is 0 Å². The van der Waals surface area contributed by atoms with Crippen LogP contribution in [0.5, 0.6) is 0 Å². The number of rotatable bonds is 2. The van der Waals surface area contributed by atoms with E-state index >= 15 is 0 Å². The molecule has 1 N–H and O–H groups in total. The van der Waals surface area contributed by atoms with Crippen LogP contribution in [0.2, 0.25) is 0 Å². The summed E-state index contributed by atoms with van der Waals surface area (Å²) in [7, 11) is 0. The van der Waals surface area contributed by atoms with Crippen LogP contribution in [-0.2, 0) is 6.54 Å². The average molecular weight is 177 g/mol. The number of aromatic amines is 1. The van der Waals surface area contributed by atoms with Gasteiger partial charge in [0.2, 0.25) is 6.54 Å². The molecule has 13 heavy (non-hydrogen) atoms. The predicted molar refractivity (Wildman–Crippen MR) is 46.8 cm³/mol. The molecule has 66 valence electrons. The minimum atomic E-state index is -0.350. The molecule has 1 heterocycles. The van der Waals surface area contributed by atoms with Gasteiger partial charge in [0.1, 0.15) is 0 Å². The molecule has 2 aromatic rings. The van der Waals surface area contributed by atoms with Crippen molar-refractivity contribution in [3.63, 3.8) is 0 Å². The molecule has 0 unspecified atom stereocenters. The Bertz CT molecular complexity index is 449. The van der Waals surface area contributed by atoms with Crippen molar-refractivity contribution in [2.75, 3.05) is 0 Å². The quantitative estimate of drug-likeness (QED) is 0.555. The zero-order valence-corrected chi connectivity index (χ0v) is 6.73. The summed E-state index contributed by atoms with van der Waals surface area (Å²) < 4.78 is 0. The largest absolute Gasteiger partial charge is 0.345 e. The standard InChI is InChI=1S/C8H7N3O2/c12-11(13)4-6-1-2-7-8(3-6)10-5-9-7/h1-3,5H,4H2,(H,9,10). The second-order valence-electron chi connectivity index (χ2n) is 2.74. The number of nitro groups is 1. The second kappa shape index (κ2) is 2.85. The Morgan fingerprint density at radius 2 is 2.38 bits per heavy atom. The van der Waals surface area contributed by atoms with E-state index in [0.29, 0.717) is 5.56 Å². The Kier molecular flexibility index (Phi) is 1.70. The van der Waals surface area contributed by atoms with Gasteiger partial charge >= 0.3 is 0 Å². The number of aromatic nitrogens is 2. The molecule has 0 saturated carbocycles. The highest BCUT2D eigenvalue weighted by molar-refractivity contribution is 5.74. The maximum Gasteiger partial charge on any atom is 0.229 e. The first-order chi connectivity index (χ1) is 6.25. The minimum absolute atomic E-state index is 0.144. The highest BCUT2D eigenvalue weighted by Gasteiger charge is 2.03. The van der Waals surface area contributed by atoms with Crippen molar-refractivity contribution < 1.29 is 4.92 Å². The fourth-order valence-corrected chi connectivity index (χ4v) is 1.23. The van der Waals surface area contributed by atoms with Crippen molar-refractivity contribution >= 4 is 11.0 Å². The fourth-order valence-electron chi connectivity index (χ4n) is 1.23. The molecule has 0 spiro atoms. The summed E-state index contributed by atoms with van der Waals surface area (Å²) >= 11 is 0. The molecular formula is C8H7N3O2. The number of hydrogen-bond donors (Lipinski definition) is 1. The molecule has 1 aromatic heterocycles. The summed E-state index contributed by atoms with van der Waals surface area (Å²) in [5, 5.41) is 10.2. The molecule has 0 fully saturated rings. The SMILES string of the molecule is O=[N+]([O-])Cc1ccc2nc[nH]c2c1. The Morgan fingerprint density at radius 3 is 3.15 bits per heavy atom. The van der Waals surface area contributed by atoms with Crippen molar-refractivity contribution in [3.05, 3.63) is 40.2 Å². The van der Waals surface area contributed by atoms with Gasteiger partial charge in [-0.3, -0.25) is 10.1 Å². The molecule has 0 aliphatic rings. The van der Waals surface area contributed by atoms with Crippen LogP contribution >= 0.6 is 0 Å². The first-order valence-electron chi connectivity index (χ1n) is 3.79. The summed E-state index contributed by atoms with van der Waals surface area (Å²) in [6, 6.07) is 5.22. The lowest BCUT2D eigenvalue weighted by Gasteiger charge is -1.94. The summed E-state index contributed by atoms with van der Waals surface area (Å²) in [4.78, 5) is 16.8. The predicted octanol–water partition coefficient (Wildman–Crippen LogP) is 1.34. The van der Waals surface area contributed by atoms with E-state index in [4.69, 9.17) is 0 Å². The van der Waals surface area contributed by atoms with Crippen molar-refractivity contribution in [2.45, 2.75) is 6.54 Å². The van der Waals surface area contributed by atoms with Gasteiger partial charge < -0.3 is 4.98 Å². The number of H-pyrrole nitrogens is 1. The van der Waals surface area contributed by atoms with E-state index in [0.717, 1.165) is 11.0 Å². The van der Waals surface area contributed by atoms with E-state index in [1.165, 1.54) is 0 Å². The van der Waals surface area contributed by atoms with Crippen LogP contribution in [0.3, 0.4) is 0 Å². The van der Waals surface area contributed by atoms with Crippen LogP contribution in [0.4, 0.5) is 0 Å². The Labute approximate surface area is 73.6 Å². The van der Waals surface area contributed by atoms with Gasteiger partial charge in [-0.15, -0.1) is 0 Å². The lowest BCUT2D eigenvalue weighted by Crippen LogP contribution is -1.97. The fraction of sp³-hybridized carbons (Fsp3) is 0.125. The third-order valence-electron chi connectivity index (χ3n) is 1.80. The zero-order valence-electron chi connectivity index (χ0n) is 6.73. The van der Waals surface area contributed by atoms with Crippen LogP contribution in [0.1, 0.15) is 5.56 Å². The molecular weight excluding hydrogens is 170 g/mol. The van der Waals surface area contributed by atoms with Crippen LogP contribution in [0, 0.1) is 10.1 Å². The molecule has 2 rings (SSSR count). The van der Waals surface area contributed by atoms with E-state index < -0.39 is 0 Å². The van der Waals surface area contributed by atoms with Crippen LogP contribution in [-0.4, -0.2) is 14.9 Å². The molecule has 5 heteroatoms. The van der Waals surface area contributed by atoms with Gasteiger partial charge in [0.05, 0.1) is 17.4 Å². The normalized spacial score (nSPS) is 10.5.